The lowest BCUT2D eigenvalue weighted by molar-refractivity contribution is -0.138. The third-order valence-corrected chi connectivity index (χ3v) is 6.25. The first-order chi connectivity index (χ1) is 16.1. The minimum absolute atomic E-state index is 0.167. The van der Waals surface area contributed by atoms with E-state index in [0.29, 0.717) is 36.7 Å². The fourth-order valence-electron chi connectivity index (χ4n) is 4.44. The van der Waals surface area contributed by atoms with Gasteiger partial charge in [-0.25, -0.2) is 0 Å². The average molecular weight is 450 g/mol. The highest BCUT2D eigenvalue weighted by Crippen LogP contribution is 2.34. The molecule has 1 fully saturated rings. The number of amides is 2. The van der Waals surface area contributed by atoms with Crippen molar-refractivity contribution in [2.24, 2.45) is 0 Å². The van der Waals surface area contributed by atoms with Gasteiger partial charge in [-0.15, -0.1) is 0 Å². The van der Waals surface area contributed by atoms with Gasteiger partial charge in [0.15, 0.2) is 0 Å². The van der Waals surface area contributed by atoms with Crippen molar-refractivity contribution in [1.29, 1.82) is 0 Å². The summed E-state index contributed by atoms with van der Waals surface area (Å²) in [5.41, 5.74) is 2.48. The van der Waals surface area contributed by atoms with Crippen molar-refractivity contribution in [1.82, 2.24) is 14.7 Å². The number of ether oxygens (including phenoxy) is 2. The van der Waals surface area contributed by atoms with Crippen LogP contribution in [0.4, 0.5) is 0 Å². The molecule has 1 saturated heterocycles. The van der Waals surface area contributed by atoms with E-state index in [2.05, 4.69) is 16.7 Å². The number of benzene rings is 2. The highest BCUT2D eigenvalue weighted by Gasteiger charge is 2.42. The Morgan fingerprint density at radius 2 is 1.58 bits per heavy atom. The zero-order valence-corrected chi connectivity index (χ0v) is 19.5. The van der Waals surface area contributed by atoms with E-state index in [1.54, 1.807) is 7.11 Å². The topological polar surface area (TPSA) is 62.3 Å². The molecule has 2 heterocycles. The lowest BCUT2D eigenvalue weighted by Crippen LogP contribution is -2.47. The third-order valence-electron chi connectivity index (χ3n) is 6.25. The van der Waals surface area contributed by atoms with E-state index >= 15 is 0 Å². The van der Waals surface area contributed by atoms with Crippen LogP contribution in [0, 0.1) is 0 Å². The molecule has 0 aliphatic carbocycles. The molecule has 4 rings (SSSR count). The van der Waals surface area contributed by atoms with Crippen molar-refractivity contribution in [3.63, 3.8) is 0 Å². The summed E-state index contributed by atoms with van der Waals surface area (Å²) in [6.45, 7) is 8.94. The number of imide groups is 1. The van der Waals surface area contributed by atoms with Gasteiger partial charge < -0.3 is 19.3 Å². The quantitative estimate of drug-likeness (QED) is 0.578. The lowest BCUT2D eigenvalue weighted by atomic mass is 10.0. The van der Waals surface area contributed by atoms with Crippen LogP contribution in [0.25, 0.3) is 5.57 Å². The van der Waals surface area contributed by atoms with E-state index in [1.165, 1.54) is 4.90 Å². The fraction of sp³-hybridized carbons (Fsp3) is 0.385. The van der Waals surface area contributed by atoms with E-state index in [4.69, 9.17) is 9.47 Å². The maximum Gasteiger partial charge on any atom is 0.278 e. The molecule has 7 nitrogen and oxygen atoms in total. The molecule has 2 aliphatic rings. The molecular weight excluding hydrogens is 418 g/mol. The Balaban J connectivity index is 1.70. The van der Waals surface area contributed by atoms with Crippen molar-refractivity contribution < 1.29 is 19.1 Å². The normalized spacial score (nSPS) is 17.2. The van der Waals surface area contributed by atoms with Crippen LogP contribution < -0.4 is 9.47 Å². The molecule has 7 heteroatoms. The fourth-order valence-corrected chi connectivity index (χ4v) is 4.44. The number of rotatable bonds is 8. The van der Waals surface area contributed by atoms with Gasteiger partial charge in [0.2, 0.25) is 0 Å². The van der Waals surface area contributed by atoms with Gasteiger partial charge in [-0.1, -0.05) is 37.3 Å². The number of nitrogens with zero attached hydrogens (tertiary/aromatic N) is 3. The summed E-state index contributed by atoms with van der Waals surface area (Å²) < 4.78 is 11.0. The zero-order valence-electron chi connectivity index (χ0n) is 19.5. The summed E-state index contributed by atoms with van der Waals surface area (Å²) >= 11 is 0. The molecule has 2 amide bonds. The first-order valence-corrected chi connectivity index (χ1v) is 11.5. The number of para-hydroxylation sites is 1. The summed E-state index contributed by atoms with van der Waals surface area (Å²) in [7, 11) is 1.59. The second-order valence-electron chi connectivity index (χ2n) is 8.11. The number of hydrogen-bond donors (Lipinski definition) is 0. The highest BCUT2D eigenvalue weighted by atomic mass is 16.5. The van der Waals surface area contributed by atoms with Gasteiger partial charge in [0.1, 0.15) is 17.2 Å². The van der Waals surface area contributed by atoms with E-state index in [9.17, 15) is 9.59 Å². The molecule has 0 N–H and O–H groups in total. The zero-order chi connectivity index (χ0) is 23.4. The highest BCUT2D eigenvalue weighted by molar-refractivity contribution is 6.35. The molecule has 2 aliphatic heterocycles. The number of hydrogen-bond acceptors (Lipinski definition) is 6. The first kappa shape index (κ1) is 22.9. The first-order valence-electron chi connectivity index (χ1n) is 11.5. The Bertz CT molecular complexity index is 1040. The van der Waals surface area contributed by atoms with E-state index < -0.39 is 0 Å². The molecule has 0 aromatic heterocycles. The van der Waals surface area contributed by atoms with Crippen LogP contribution in [0.1, 0.15) is 25.0 Å². The van der Waals surface area contributed by atoms with E-state index in [0.717, 1.165) is 36.5 Å². The summed E-state index contributed by atoms with van der Waals surface area (Å²) in [5.74, 6) is 0.871. The van der Waals surface area contributed by atoms with Crippen LogP contribution in [-0.2, 0) is 16.1 Å². The number of carbonyl (C=O) groups is 2. The molecule has 0 bridgehead atoms. The molecular formula is C26H31N3O4. The molecule has 2 aromatic carbocycles. The predicted octanol–water partition coefficient (Wildman–Crippen LogP) is 3.01. The monoisotopic (exact) mass is 449 g/mol. The van der Waals surface area contributed by atoms with Crippen molar-refractivity contribution in [3.8, 4) is 11.5 Å². The van der Waals surface area contributed by atoms with Crippen LogP contribution in [0.3, 0.4) is 0 Å². The van der Waals surface area contributed by atoms with Gasteiger partial charge in [-0.2, -0.15) is 0 Å². The Hall–Kier alpha value is -3.32. The molecule has 0 saturated carbocycles. The number of methoxy groups -OCH3 is 1. The Morgan fingerprint density at radius 3 is 2.21 bits per heavy atom. The molecule has 2 aromatic rings. The van der Waals surface area contributed by atoms with Crippen molar-refractivity contribution in [2.45, 2.75) is 20.4 Å². The smallest absolute Gasteiger partial charge is 0.278 e. The van der Waals surface area contributed by atoms with Crippen LogP contribution in [0.2, 0.25) is 0 Å². The van der Waals surface area contributed by atoms with Crippen molar-refractivity contribution >= 4 is 17.4 Å². The van der Waals surface area contributed by atoms with Crippen molar-refractivity contribution in [2.75, 3.05) is 46.4 Å². The predicted molar refractivity (Wildman–Crippen MR) is 127 cm³/mol. The maximum absolute atomic E-state index is 13.6. The largest absolute Gasteiger partial charge is 0.496 e. The van der Waals surface area contributed by atoms with E-state index in [1.807, 2.05) is 55.5 Å². The summed E-state index contributed by atoms with van der Waals surface area (Å²) in [6, 6.07) is 14.9. The molecule has 174 valence electrons. The van der Waals surface area contributed by atoms with Gasteiger partial charge >= 0.3 is 0 Å². The summed E-state index contributed by atoms with van der Waals surface area (Å²) in [5, 5.41) is 0. The summed E-state index contributed by atoms with van der Waals surface area (Å²) in [4.78, 5) is 33.0. The molecule has 0 atom stereocenters. The van der Waals surface area contributed by atoms with Gasteiger partial charge in [0.05, 0.1) is 25.8 Å². The molecule has 0 radical (unpaired) electrons. The Labute approximate surface area is 195 Å². The van der Waals surface area contributed by atoms with Gasteiger partial charge in [-0.3, -0.25) is 14.5 Å². The van der Waals surface area contributed by atoms with E-state index in [-0.39, 0.29) is 18.4 Å². The molecule has 0 unspecified atom stereocenters. The van der Waals surface area contributed by atoms with Crippen molar-refractivity contribution in [3.05, 3.63) is 65.4 Å². The maximum atomic E-state index is 13.6. The Kier molecular flexibility index (Phi) is 6.99. The number of carbonyl (C=O) groups excluding carboxylic acids is 2. The number of piperazine rings is 1. The molecule has 0 spiro atoms. The van der Waals surface area contributed by atoms with Crippen LogP contribution in [-0.4, -0.2) is 73.0 Å². The minimum Gasteiger partial charge on any atom is -0.496 e. The number of likely N-dealkylation sites (N-methyl/N-ethyl adjacent to an activating group) is 1. The van der Waals surface area contributed by atoms with Crippen LogP contribution in [0.15, 0.2) is 54.2 Å². The second-order valence-corrected chi connectivity index (χ2v) is 8.11. The Morgan fingerprint density at radius 1 is 0.879 bits per heavy atom. The van der Waals surface area contributed by atoms with Gasteiger partial charge in [-0.05, 0) is 37.2 Å². The van der Waals surface area contributed by atoms with Crippen LogP contribution in [0.5, 0.6) is 11.5 Å². The standard InChI is InChI=1S/C26H31N3O4/c1-4-27-14-16-28(17-15-27)24-23(19-10-12-21(13-11-19)33-5-2)25(30)29(26(24)31)18-20-8-6-7-9-22(20)32-3/h6-13H,4-5,14-18H2,1-3H3. The third kappa shape index (κ3) is 4.59. The summed E-state index contributed by atoms with van der Waals surface area (Å²) in [6.07, 6.45) is 0. The molecule has 33 heavy (non-hydrogen) atoms. The van der Waals surface area contributed by atoms with Gasteiger partial charge in [0, 0.05) is 31.7 Å². The average Bonchev–Trinajstić information content (AvgIpc) is 3.10. The van der Waals surface area contributed by atoms with Crippen LogP contribution >= 0.6 is 0 Å². The van der Waals surface area contributed by atoms with Gasteiger partial charge in [0.25, 0.3) is 11.8 Å². The minimum atomic E-state index is -0.275. The second kappa shape index (κ2) is 10.1. The lowest BCUT2D eigenvalue weighted by Gasteiger charge is -2.36. The SMILES string of the molecule is CCOc1ccc(C2=C(N3CCN(CC)CC3)C(=O)N(Cc3ccccc3OC)C2=O)cc1.